The number of anilines is 1. The van der Waals surface area contributed by atoms with Crippen molar-refractivity contribution in [3.05, 3.63) is 29.6 Å². The molecule has 2 heterocycles. The van der Waals surface area contributed by atoms with E-state index in [0.29, 0.717) is 43.6 Å². The van der Waals surface area contributed by atoms with Crippen LogP contribution in [0, 0.1) is 17.7 Å². The van der Waals surface area contributed by atoms with Gasteiger partial charge in [0.25, 0.3) is 0 Å². The van der Waals surface area contributed by atoms with Gasteiger partial charge in [-0.25, -0.2) is 9.18 Å². The topological polar surface area (TPSA) is 79.9 Å². The predicted molar refractivity (Wildman–Crippen MR) is 133 cm³/mol. The normalized spacial score (nSPS) is 25.0. The number of hydrogen-bond donors (Lipinski definition) is 2. The van der Waals surface area contributed by atoms with Crippen molar-refractivity contribution < 1.29 is 23.5 Å². The fraction of sp³-hybridized carbons (Fsp3) is 0.704. The van der Waals surface area contributed by atoms with Crippen LogP contribution in [0.3, 0.4) is 0 Å². The smallest absolute Gasteiger partial charge is 0.318 e. The molecule has 4 rings (SSSR count). The van der Waals surface area contributed by atoms with Crippen LogP contribution in [-0.4, -0.2) is 62.4 Å². The minimum absolute atomic E-state index is 0.0598. The van der Waals surface area contributed by atoms with Gasteiger partial charge < -0.3 is 25.0 Å². The zero-order valence-corrected chi connectivity index (χ0v) is 21.1. The Morgan fingerprint density at radius 2 is 1.60 bits per heavy atom. The highest BCUT2D eigenvalue weighted by atomic mass is 19.1. The summed E-state index contributed by atoms with van der Waals surface area (Å²) in [7, 11) is 1.79. The Morgan fingerprint density at radius 3 is 2.23 bits per heavy atom. The van der Waals surface area contributed by atoms with Crippen LogP contribution in [0.25, 0.3) is 0 Å². The molecule has 3 amide bonds. The maximum Gasteiger partial charge on any atom is 0.318 e. The molecule has 1 aliphatic carbocycles. The zero-order valence-electron chi connectivity index (χ0n) is 21.1. The molecule has 2 N–H and O–H groups in total. The van der Waals surface area contributed by atoms with Gasteiger partial charge in [0.05, 0.1) is 0 Å². The first-order valence-corrected chi connectivity index (χ1v) is 13.2. The molecule has 2 aliphatic heterocycles. The number of nitrogens with one attached hydrogen (secondary N) is 2. The second kappa shape index (κ2) is 12.2. The first kappa shape index (κ1) is 25.9. The molecule has 1 saturated carbocycles. The van der Waals surface area contributed by atoms with E-state index in [9.17, 15) is 14.0 Å². The third-order valence-corrected chi connectivity index (χ3v) is 8.08. The highest BCUT2D eigenvalue weighted by molar-refractivity contribution is 5.97. The highest BCUT2D eigenvalue weighted by Crippen LogP contribution is 2.32. The van der Waals surface area contributed by atoms with Gasteiger partial charge in [-0.1, -0.05) is 25.8 Å². The standard InChI is InChI=1S/C27H40FN3O4/c1-18-3-5-20(6-4-18)25(30-27(33)31(2)22-11-15-35-16-12-22)26(32)29-21-7-8-23(24(28)17-21)19-9-13-34-14-10-19/h7-8,17-20,22,25H,3-6,9-16H2,1-2H3,(H,29,32)(H,30,33)/t18?,20?,25-/m0/s1. The second-order valence-electron chi connectivity index (χ2n) is 10.5. The predicted octanol–water partition coefficient (Wildman–Crippen LogP) is 4.67. The molecular weight excluding hydrogens is 449 g/mol. The zero-order chi connectivity index (χ0) is 24.8. The largest absolute Gasteiger partial charge is 0.381 e. The van der Waals surface area contributed by atoms with Crippen LogP contribution in [0.4, 0.5) is 14.9 Å². The molecule has 2 saturated heterocycles. The number of urea groups is 1. The van der Waals surface area contributed by atoms with Crippen molar-refractivity contribution in [1.82, 2.24) is 10.2 Å². The fourth-order valence-corrected chi connectivity index (χ4v) is 5.65. The van der Waals surface area contributed by atoms with Gasteiger partial charge in [-0.3, -0.25) is 4.79 Å². The number of halogens is 1. The van der Waals surface area contributed by atoms with Gasteiger partial charge in [-0.05, 0) is 74.0 Å². The van der Waals surface area contributed by atoms with Crippen molar-refractivity contribution in [2.24, 2.45) is 11.8 Å². The third kappa shape index (κ3) is 6.73. The average Bonchev–Trinajstić information content (AvgIpc) is 2.88. The first-order valence-electron chi connectivity index (χ1n) is 13.2. The number of hydrogen-bond acceptors (Lipinski definition) is 4. The number of carbonyl (C=O) groups is 2. The van der Waals surface area contributed by atoms with E-state index in [4.69, 9.17) is 9.47 Å². The van der Waals surface area contributed by atoms with Crippen molar-refractivity contribution in [2.45, 2.75) is 76.3 Å². The summed E-state index contributed by atoms with van der Waals surface area (Å²) in [4.78, 5) is 28.2. The van der Waals surface area contributed by atoms with Gasteiger partial charge in [0.1, 0.15) is 11.9 Å². The number of nitrogens with zero attached hydrogens (tertiary/aromatic N) is 1. The summed E-state index contributed by atoms with van der Waals surface area (Å²) in [5, 5.41) is 5.91. The highest BCUT2D eigenvalue weighted by Gasteiger charge is 2.34. The molecule has 1 aromatic rings. The van der Waals surface area contributed by atoms with Crippen LogP contribution in [0.5, 0.6) is 0 Å². The lowest BCUT2D eigenvalue weighted by Gasteiger charge is -2.36. The Kier molecular flexibility index (Phi) is 9.00. The molecular formula is C27H40FN3O4. The lowest BCUT2D eigenvalue weighted by Crippen LogP contribution is -2.54. The summed E-state index contributed by atoms with van der Waals surface area (Å²) < 4.78 is 25.7. The van der Waals surface area contributed by atoms with Gasteiger partial charge in [0, 0.05) is 45.2 Å². The summed E-state index contributed by atoms with van der Waals surface area (Å²) >= 11 is 0. The molecule has 35 heavy (non-hydrogen) atoms. The van der Waals surface area contributed by atoms with E-state index in [1.165, 1.54) is 6.07 Å². The monoisotopic (exact) mass is 489 g/mol. The van der Waals surface area contributed by atoms with Crippen molar-refractivity contribution in [1.29, 1.82) is 0 Å². The summed E-state index contributed by atoms with van der Waals surface area (Å²) in [6.45, 7) is 4.80. The molecule has 3 aliphatic rings. The molecule has 3 fully saturated rings. The number of carbonyl (C=O) groups excluding carboxylic acids is 2. The Morgan fingerprint density at radius 1 is 0.971 bits per heavy atom. The molecule has 0 spiro atoms. The first-order chi connectivity index (χ1) is 16.9. The van der Waals surface area contributed by atoms with E-state index in [0.717, 1.165) is 51.4 Å². The minimum atomic E-state index is -0.657. The molecule has 1 aromatic carbocycles. The molecule has 8 heteroatoms. The van der Waals surface area contributed by atoms with E-state index >= 15 is 0 Å². The fourth-order valence-electron chi connectivity index (χ4n) is 5.65. The van der Waals surface area contributed by atoms with Gasteiger partial charge in [-0.15, -0.1) is 0 Å². The van der Waals surface area contributed by atoms with Crippen LogP contribution in [0.2, 0.25) is 0 Å². The van der Waals surface area contributed by atoms with Crippen molar-refractivity contribution in [3.8, 4) is 0 Å². The van der Waals surface area contributed by atoms with Gasteiger partial charge in [0.15, 0.2) is 0 Å². The lowest BCUT2D eigenvalue weighted by molar-refractivity contribution is -0.119. The van der Waals surface area contributed by atoms with Crippen LogP contribution in [-0.2, 0) is 14.3 Å². The lowest BCUT2D eigenvalue weighted by atomic mass is 9.79. The minimum Gasteiger partial charge on any atom is -0.381 e. The molecule has 0 unspecified atom stereocenters. The Balaban J connectivity index is 1.44. The summed E-state index contributed by atoms with van der Waals surface area (Å²) in [5.74, 6) is 0.245. The van der Waals surface area contributed by atoms with Crippen molar-refractivity contribution in [3.63, 3.8) is 0 Å². The van der Waals surface area contributed by atoms with Crippen LogP contribution in [0.15, 0.2) is 18.2 Å². The quantitative estimate of drug-likeness (QED) is 0.609. The average molecular weight is 490 g/mol. The van der Waals surface area contributed by atoms with E-state index in [-0.39, 0.29) is 35.6 Å². The van der Waals surface area contributed by atoms with Gasteiger partial charge >= 0.3 is 6.03 Å². The van der Waals surface area contributed by atoms with Gasteiger partial charge in [0.2, 0.25) is 5.91 Å². The number of rotatable bonds is 6. The molecule has 0 bridgehead atoms. The Hall–Kier alpha value is -2.19. The third-order valence-electron chi connectivity index (χ3n) is 8.08. The summed E-state index contributed by atoms with van der Waals surface area (Å²) in [6, 6.07) is 4.15. The molecule has 7 nitrogen and oxygen atoms in total. The van der Waals surface area contributed by atoms with E-state index in [1.807, 2.05) is 0 Å². The van der Waals surface area contributed by atoms with E-state index < -0.39 is 6.04 Å². The SMILES string of the molecule is CC1CCC([C@H](NC(=O)N(C)C2CCOCC2)C(=O)Nc2ccc(C3CCOCC3)c(F)c2)CC1. The van der Waals surface area contributed by atoms with Gasteiger partial charge in [-0.2, -0.15) is 0 Å². The van der Waals surface area contributed by atoms with Crippen LogP contribution < -0.4 is 10.6 Å². The molecule has 194 valence electrons. The number of amides is 3. The van der Waals surface area contributed by atoms with Crippen LogP contribution in [0.1, 0.15) is 69.8 Å². The van der Waals surface area contributed by atoms with Crippen LogP contribution >= 0.6 is 0 Å². The number of benzene rings is 1. The Labute approximate surface area is 208 Å². The number of ether oxygens (including phenoxy) is 2. The summed E-state index contributed by atoms with van der Waals surface area (Å²) in [6.07, 6.45) is 7.04. The van der Waals surface area contributed by atoms with E-state index in [2.05, 4.69) is 17.6 Å². The van der Waals surface area contributed by atoms with Crippen molar-refractivity contribution >= 4 is 17.6 Å². The molecule has 0 aromatic heterocycles. The Bertz CT molecular complexity index is 862. The molecule has 1 atom stereocenters. The van der Waals surface area contributed by atoms with Crippen molar-refractivity contribution in [2.75, 3.05) is 38.8 Å². The summed E-state index contributed by atoms with van der Waals surface area (Å²) in [5.41, 5.74) is 1.10. The van der Waals surface area contributed by atoms with E-state index in [1.54, 1.807) is 24.1 Å². The maximum absolute atomic E-state index is 14.9. The second-order valence-corrected chi connectivity index (χ2v) is 10.5. The maximum atomic E-state index is 14.9. The molecule has 0 radical (unpaired) electrons.